The van der Waals surface area contributed by atoms with Gasteiger partial charge in [0.1, 0.15) is 6.54 Å². The molecule has 2 aliphatic heterocycles. The smallest absolute Gasteiger partial charge is 0.341 e. The Morgan fingerprint density at radius 1 is 1.15 bits per heavy atom. The van der Waals surface area contributed by atoms with Gasteiger partial charge >= 0.3 is 6.18 Å². The highest BCUT2D eigenvalue weighted by Gasteiger charge is 2.33. The number of alkyl halides is 3. The van der Waals surface area contributed by atoms with Crippen LogP contribution >= 0.6 is 0 Å². The number of amides is 2. The highest BCUT2D eigenvalue weighted by molar-refractivity contribution is 6.05. The van der Waals surface area contributed by atoms with Crippen LogP contribution in [0.25, 0.3) is 11.1 Å². The number of hydrogen-bond acceptors (Lipinski definition) is 3. The minimum absolute atomic E-state index is 0.0699. The van der Waals surface area contributed by atoms with Crippen molar-refractivity contribution in [1.29, 1.82) is 0 Å². The predicted octanol–water partition coefficient (Wildman–Crippen LogP) is 2.89. The molecule has 0 spiro atoms. The number of halogens is 3. The molecule has 0 atom stereocenters. The van der Waals surface area contributed by atoms with Gasteiger partial charge in [0.2, 0.25) is 11.8 Å². The molecule has 1 fully saturated rings. The lowest BCUT2D eigenvalue weighted by Gasteiger charge is -2.32. The van der Waals surface area contributed by atoms with Crippen LogP contribution in [0.5, 0.6) is 0 Å². The van der Waals surface area contributed by atoms with Crippen molar-refractivity contribution >= 4 is 17.5 Å². The van der Waals surface area contributed by atoms with Crippen LogP contribution in [0.1, 0.15) is 17.7 Å². The van der Waals surface area contributed by atoms with Crippen LogP contribution in [0.2, 0.25) is 0 Å². The molecule has 0 saturated carbocycles. The third-order valence-corrected chi connectivity index (χ3v) is 4.88. The van der Waals surface area contributed by atoms with E-state index in [4.69, 9.17) is 0 Å². The van der Waals surface area contributed by atoms with Crippen LogP contribution in [-0.4, -0.2) is 41.3 Å². The van der Waals surface area contributed by atoms with E-state index in [1.807, 2.05) is 0 Å². The lowest BCUT2D eigenvalue weighted by Crippen LogP contribution is -2.47. The second-order valence-electron chi connectivity index (χ2n) is 6.66. The standard InChI is InChI=1S/C19H16F3N3O2/c20-19(21,22)14-4-1-3-12(7-14)13-8-16-15(23-10-13)9-17(26)25(16)11-18(27)24-5-2-6-24/h1,3-4,7-8,10H,2,5-6,9,11H2. The van der Waals surface area contributed by atoms with Crippen LogP contribution in [0.15, 0.2) is 36.5 Å². The van der Waals surface area contributed by atoms with Crippen molar-refractivity contribution in [2.75, 3.05) is 24.5 Å². The molecule has 1 aromatic heterocycles. The number of fused-ring (bicyclic) bond motifs is 1. The molecule has 0 N–H and O–H groups in total. The molecule has 27 heavy (non-hydrogen) atoms. The summed E-state index contributed by atoms with van der Waals surface area (Å²) in [5, 5.41) is 0. The Bertz CT molecular complexity index is 923. The summed E-state index contributed by atoms with van der Waals surface area (Å²) in [6, 6.07) is 6.58. The summed E-state index contributed by atoms with van der Waals surface area (Å²) in [6.45, 7) is 1.31. The maximum absolute atomic E-state index is 13.0. The first kappa shape index (κ1) is 17.5. The molecule has 1 saturated heterocycles. The topological polar surface area (TPSA) is 53.5 Å². The van der Waals surface area contributed by atoms with Gasteiger partial charge in [0.25, 0.3) is 0 Å². The van der Waals surface area contributed by atoms with E-state index in [0.29, 0.717) is 35.6 Å². The molecule has 0 bridgehead atoms. The fourth-order valence-corrected chi connectivity index (χ4v) is 3.23. The Labute approximate surface area is 153 Å². The van der Waals surface area contributed by atoms with E-state index < -0.39 is 11.7 Å². The zero-order valence-electron chi connectivity index (χ0n) is 14.3. The molecule has 2 aliphatic rings. The van der Waals surface area contributed by atoms with Crippen molar-refractivity contribution in [3.8, 4) is 11.1 Å². The molecule has 2 aromatic rings. The van der Waals surface area contributed by atoms with Crippen LogP contribution in [0.3, 0.4) is 0 Å². The number of hydrogen-bond donors (Lipinski definition) is 0. The second kappa shape index (κ2) is 6.37. The van der Waals surface area contributed by atoms with E-state index >= 15 is 0 Å². The molecule has 0 unspecified atom stereocenters. The van der Waals surface area contributed by atoms with E-state index in [1.54, 1.807) is 17.0 Å². The fraction of sp³-hybridized carbons (Fsp3) is 0.316. The molecule has 5 nitrogen and oxygen atoms in total. The summed E-state index contributed by atoms with van der Waals surface area (Å²) in [6.07, 6.45) is -1.93. The van der Waals surface area contributed by atoms with Crippen molar-refractivity contribution in [3.05, 3.63) is 47.8 Å². The van der Waals surface area contributed by atoms with Gasteiger partial charge in [-0.1, -0.05) is 12.1 Å². The predicted molar refractivity (Wildman–Crippen MR) is 91.9 cm³/mol. The van der Waals surface area contributed by atoms with Gasteiger partial charge in [-0.3, -0.25) is 14.6 Å². The Morgan fingerprint density at radius 2 is 1.93 bits per heavy atom. The van der Waals surface area contributed by atoms with Crippen molar-refractivity contribution in [1.82, 2.24) is 9.88 Å². The van der Waals surface area contributed by atoms with Crippen LogP contribution in [0, 0.1) is 0 Å². The zero-order chi connectivity index (χ0) is 19.2. The van der Waals surface area contributed by atoms with Crippen LogP contribution in [-0.2, 0) is 22.2 Å². The highest BCUT2D eigenvalue weighted by atomic mass is 19.4. The fourth-order valence-electron chi connectivity index (χ4n) is 3.23. The summed E-state index contributed by atoms with van der Waals surface area (Å²) in [5.74, 6) is -0.362. The first-order valence-electron chi connectivity index (χ1n) is 8.57. The average molecular weight is 375 g/mol. The molecule has 0 radical (unpaired) electrons. The Kier molecular flexibility index (Phi) is 4.13. The molecular weight excluding hydrogens is 359 g/mol. The molecular formula is C19H16F3N3O2. The number of likely N-dealkylation sites (tertiary alicyclic amines) is 1. The Balaban J connectivity index is 1.65. The maximum Gasteiger partial charge on any atom is 0.416 e. The van der Waals surface area contributed by atoms with Gasteiger partial charge in [0.15, 0.2) is 0 Å². The normalized spacial score (nSPS) is 16.3. The van der Waals surface area contributed by atoms with Gasteiger partial charge in [-0.05, 0) is 30.2 Å². The highest BCUT2D eigenvalue weighted by Crippen LogP contribution is 2.35. The van der Waals surface area contributed by atoms with Crippen molar-refractivity contribution < 1.29 is 22.8 Å². The largest absolute Gasteiger partial charge is 0.416 e. The van der Waals surface area contributed by atoms with E-state index in [9.17, 15) is 22.8 Å². The molecule has 0 aliphatic carbocycles. The van der Waals surface area contributed by atoms with Crippen molar-refractivity contribution in [2.45, 2.75) is 19.0 Å². The van der Waals surface area contributed by atoms with E-state index in [-0.39, 0.29) is 24.8 Å². The SMILES string of the molecule is O=C(CN1C(=O)Cc2ncc(-c3cccc(C(F)(F)F)c3)cc21)N1CCC1. The Hall–Kier alpha value is -2.90. The van der Waals surface area contributed by atoms with Gasteiger partial charge in [0.05, 0.1) is 23.4 Å². The molecule has 1 aromatic carbocycles. The number of aromatic nitrogens is 1. The summed E-state index contributed by atoms with van der Waals surface area (Å²) in [5.41, 5.74) is 1.10. The van der Waals surface area contributed by atoms with Crippen LogP contribution in [0.4, 0.5) is 18.9 Å². The Morgan fingerprint density at radius 3 is 2.59 bits per heavy atom. The van der Waals surface area contributed by atoms with E-state index in [2.05, 4.69) is 4.98 Å². The van der Waals surface area contributed by atoms with Gasteiger partial charge in [-0.2, -0.15) is 13.2 Å². The molecule has 140 valence electrons. The van der Waals surface area contributed by atoms with E-state index in [0.717, 1.165) is 18.6 Å². The lowest BCUT2D eigenvalue weighted by molar-refractivity contribution is -0.137. The molecule has 3 heterocycles. The minimum atomic E-state index is -4.44. The average Bonchev–Trinajstić information content (AvgIpc) is 2.87. The van der Waals surface area contributed by atoms with Crippen LogP contribution < -0.4 is 4.90 Å². The molecule has 4 rings (SSSR count). The van der Waals surface area contributed by atoms with Gasteiger partial charge in [-0.25, -0.2) is 0 Å². The summed E-state index contributed by atoms with van der Waals surface area (Å²) in [4.78, 5) is 31.8. The quantitative estimate of drug-likeness (QED) is 0.829. The third kappa shape index (κ3) is 3.27. The summed E-state index contributed by atoms with van der Waals surface area (Å²) in [7, 11) is 0. The first-order valence-corrected chi connectivity index (χ1v) is 8.57. The van der Waals surface area contributed by atoms with Gasteiger partial charge < -0.3 is 9.80 Å². The number of carbonyl (C=O) groups excluding carboxylic acids is 2. The third-order valence-electron chi connectivity index (χ3n) is 4.88. The number of anilines is 1. The van der Waals surface area contributed by atoms with Gasteiger partial charge in [-0.15, -0.1) is 0 Å². The van der Waals surface area contributed by atoms with Gasteiger partial charge in [0, 0.05) is 24.8 Å². The number of pyridine rings is 1. The number of benzene rings is 1. The molecule has 8 heteroatoms. The van der Waals surface area contributed by atoms with Crippen molar-refractivity contribution in [3.63, 3.8) is 0 Å². The number of rotatable bonds is 3. The van der Waals surface area contributed by atoms with Crippen molar-refractivity contribution in [2.24, 2.45) is 0 Å². The zero-order valence-corrected chi connectivity index (χ0v) is 14.3. The second-order valence-corrected chi connectivity index (χ2v) is 6.66. The van der Waals surface area contributed by atoms with E-state index in [1.165, 1.54) is 17.2 Å². The summed E-state index contributed by atoms with van der Waals surface area (Å²) >= 11 is 0. The number of carbonyl (C=O) groups is 2. The minimum Gasteiger partial charge on any atom is -0.341 e. The molecule has 2 amide bonds. The monoisotopic (exact) mass is 375 g/mol. The maximum atomic E-state index is 13.0. The first-order chi connectivity index (χ1) is 12.8. The lowest BCUT2D eigenvalue weighted by atomic mass is 10.0. The summed E-state index contributed by atoms with van der Waals surface area (Å²) < 4.78 is 38.9. The number of nitrogens with zero attached hydrogens (tertiary/aromatic N) is 3.